The van der Waals surface area contributed by atoms with Crippen molar-refractivity contribution in [3.05, 3.63) is 71.6 Å². The number of likely N-dealkylation sites (tertiary alicyclic amines) is 1. The van der Waals surface area contributed by atoms with Crippen LogP contribution in [0.3, 0.4) is 0 Å². The maximum Gasteiger partial charge on any atom is 0.224 e. The van der Waals surface area contributed by atoms with Gasteiger partial charge in [0.15, 0.2) is 0 Å². The standard InChI is InChI=1S/C28H32N2O3/c1-20-21(2)30(26-7-5-4-6-25(20)26)15-12-27(31)29-16-13-28(14-17-29)18-23(19-33-28)22-8-10-24(32-3)11-9-22/h4-11,19H,12-18H2,1-3H3. The zero-order valence-corrected chi connectivity index (χ0v) is 19.8. The van der Waals surface area contributed by atoms with Crippen molar-refractivity contribution < 1.29 is 14.3 Å². The fraction of sp³-hybridized carbons (Fsp3) is 0.393. The van der Waals surface area contributed by atoms with E-state index in [9.17, 15) is 4.79 Å². The Kier molecular flexibility index (Phi) is 5.65. The number of methoxy groups -OCH3 is 1. The molecule has 3 aromatic rings. The van der Waals surface area contributed by atoms with Crippen molar-refractivity contribution in [3.8, 4) is 5.75 Å². The molecule has 1 saturated heterocycles. The lowest BCUT2D eigenvalue weighted by Crippen LogP contribution is -2.46. The second kappa shape index (κ2) is 8.62. The minimum atomic E-state index is -0.170. The molecule has 0 radical (unpaired) electrons. The summed E-state index contributed by atoms with van der Waals surface area (Å²) < 4.78 is 13.7. The van der Waals surface area contributed by atoms with Gasteiger partial charge in [-0.05, 0) is 48.7 Å². The van der Waals surface area contributed by atoms with Gasteiger partial charge in [-0.25, -0.2) is 0 Å². The molecular weight excluding hydrogens is 412 g/mol. The Hall–Kier alpha value is -3.21. The van der Waals surface area contributed by atoms with Crippen LogP contribution in [-0.2, 0) is 16.1 Å². The number of ether oxygens (including phenoxy) is 2. The van der Waals surface area contributed by atoms with Crippen LogP contribution in [0, 0.1) is 13.8 Å². The van der Waals surface area contributed by atoms with Crippen LogP contribution >= 0.6 is 0 Å². The van der Waals surface area contributed by atoms with Gasteiger partial charge in [-0.1, -0.05) is 30.3 Å². The number of rotatable bonds is 5. The van der Waals surface area contributed by atoms with Gasteiger partial charge in [0, 0.05) is 61.9 Å². The van der Waals surface area contributed by atoms with Gasteiger partial charge < -0.3 is 18.9 Å². The smallest absolute Gasteiger partial charge is 0.224 e. The summed E-state index contributed by atoms with van der Waals surface area (Å²) in [6, 6.07) is 16.6. The first-order valence-electron chi connectivity index (χ1n) is 11.8. The zero-order valence-electron chi connectivity index (χ0n) is 19.8. The van der Waals surface area contributed by atoms with Crippen molar-refractivity contribution in [3.63, 3.8) is 0 Å². The largest absolute Gasteiger partial charge is 0.497 e. The monoisotopic (exact) mass is 444 g/mol. The van der Waals surface area contributed by atoms with Crippen LogP contribution in [-0.4, -0.2) is 41.2 Å². The predicted molar refractivity (Wildman–Crippen MR) is 131 cm³/mol. The van der Waals surface area contributed by atoms with Crippen LogP contribution < -0.4 is 4.74 Å². The number of aromatic nitrogens is 1. The molecule has 0 atom stereocenters. The SMILES string of the molecule is COc1ccc(C2=COC3(CCN(C(=O)CCn4c(C)c(C)c5ccccc54)CC3)C2)cc1. The third kappa shape index (κ3) is 4.01. The van der Waals surface area contributed by atoms with Gasteiger partial charge in [0.2, 0.25) is 5.91 Å². The molecule has 5 nitrogen and oxygen atoms in total. The molecule has 0 N–H and O–H groups in total. The first-order chi connectivity index (χ1) is 16.0. The number of hydrogen-bond acceptors (Lipinski definition) is 3. The highest BCUT2D eigenvalue weighted by molar-refractivity contribution is 5.85. The van der Waals surface area contributed by atoms with Crippen molar-refractivity contribution in [1.82, 2.24) is 9.47 Å². The fourth-order valence-electron chi connectivity index (χ4n) is 5.32. The molecule has 1 amide bonds. The summed E-state index contributed by atoms with van der Waals surface area (Å²) >= 11 is 0. The Morgan fingerprint density at radius 2 is 1.79 bits per heavy atom. The van der Waals surface area contributed by atoms with E-state index in [1.54, 1.807) is 7.11 Å². The Balaban J connectivity index is 1.17. The molecule has 1 fully saturated rings. The van der Waals surface area contributed by atoms with E-state index in [0.717, 1.165) is 44.6 Å². The Bertz CT molecular complexity index is 1200. The fourth-order valence-corrected chi connectivity index (χ4v) is 5.32. The number of fused-ring (bicyclic) bond motifs is 1. The molecule has 5 rings (SSSR count). The van der Waals surface area contributed by atoms with E-state index < -0.39 is 0 Å². The van der Waals surface area contributed by atoms with Gasteiger partial charge in [0.25, 0.3) is 0 Å². The first kappa shape index (κ1) is 21.6. The third-order valence-electron chi connectivity index (χ3n) is 7.55. The van der Waals surface area contributed by atoms with Crippen LogP contribution in [0.15, 0.2) is 54.8 Å². The quantitative estimate of drug-likeness (QED) is 0.523. The topological polar surface area (TPSA) is 43.7 Å². The number of benzene rings is 2. The van der Waals surface area contributed by atoms with Gasteiger partial charge >= 0.3 is 0 Å². The number of carbonyl (C=O) groups is 1. The maximum atomic E-state index is 13.0. The second-order valence-electron chi connectivity index (χ2n) is 9.36. The van der Waals surface area contributed by atoms with Gasteiger partial charge in [0.05, 0.1) is 13.4 Å². The summed E-state index contributed by atoms with van der Waals surface area (Å²) in [5, 5.41) is 1.28. The molecule has 0 unspecified atom stereocenters. The molecule has 0 aliphatic carbocycles. The zero-order chi connectivity index (χ0) is 23.0. The van der Waals surface area contributed by atoms with Crippen molar-refractivity contribution in [1.29, 1.82) is 0 Å². The Morgan fingerprint density at radius 1 is 1.06 bits per heavy atom. The predicted octanol–water partition coefficient (Wildman–Crippen LogP) is 5.48. The van der Waals surface area contributed by atoms with Crippen LogP contribution in [0.25, 0.3) is 16.5 Å². The van der Waals surface area contributed by atoms with E-state index in [1.807, 2.05) is 23.3 Å². The lowest BCUT2D eigenvalue weighted by molar-refractivity contribution is -0.135. The summed E-state index contributed by atoms with van der Waals surface area (Å²) in [5.41, 5.74) is 6.00. The van der Waals surface area contributed by atoms with Gasteiger partial charge in [0.1, 0.15) is 11.4 Å². The number of para-hydroxylation sites is 1. The molecular formula is C28H32N2O3. The molecule has 33 heavy (non-hydrogen) atoms. The number of piperidine rings is 1. The maximum absolute atomic E-state index is 13.0. The first-order valence-corrected chi connectivity index (χ1v) is 11.8. The number of carbonyl (C=O) groups excluding carboxylic acids is 1. The van der Waals surface area contributed by atoms with E-state index in [0.29, 0.717) is 6.42 Å². The Labute approximate surface area is 195 Å². The van der Waals surface area contributed by atoms with Crippen molar-refractivity contribution in [2.45, 2.75) is 51.7 Å². The van der Waals surface area contributed by atoms with Crippen LogP contribution in [0.1, 0.15) is 42.5 Å². The van der Waals surface area contributed by atoms with E-state index in [1.165, 1.54) is 33.3 Å². The van der Waals surface area contributed by atoms with E-state index in [-0.39, 0.29) is 11.5 Å². The van der Waals surface area contributed by atoms with Gasteiger partial charge in [-0.15, -0.1) is 0 Å². The average Bonchev–Trinajstić information content (AvgIpc) is 3.37. The average molecular weight is 445 g/mol. The molecule has 2 aromatic carbocycles. The van der Waals surface area contributed by atoms with E-state index in [2.05, 4.69) is 54.8 Å². The molecule has 2 aliphatic rings. The minimum Gasteiger partial charge on any atom is -0.497 e. The van der Waals surface area contributed by atoms with Crippen LogP contribution in [0.5, 0.6) is 5.75 Å². The molecule has 1 spiro atoms. The molecule has 0 bridgehead atoms. The molecule has 172 valence electrons. The van der Waals surface area contributed by atoms with Crippen molar-refractivity contribution in [2.24, 2.45) is 0 Å². The Morgan fingerprint density at radius 3 is 2.52 bits per heavy atom. The normalized spacial score (nSPS) is 17.3. The molecule has 1 aromatic heterocycles. The molecule has 3 heterocycles. The van der Waals surface area contributed by atoms with Crippen LogP contribution in [0.4, 0.5) is 0 Å². The summed E-state index contributed by atoms with van der Waals surface area (Å²) in [5.74, 6) is 1.10. The highest BCUT2D eigenvalue weighted by Gasteiger charge is 2.41. The lowest BCUT2D eigenvalue weighted by atomic mass is 9.85. The minimum absolute atomic E-state index is 0.170. The van der Waals surface area contributed by atoms with Crippen LogP contribution in [0.2, 0.25) is 0 Å². The van der Waals surface area contributed by atoms with Gasteiger partial charge in [-0.2, -0.15) is 0 Å². The molecule has 0 saturated carbocycles. The van der Waals surface area contributed by atoms with Gasteiger partial charge in [-0.3, -0.25) is 4.79 Å². The number of hydrogen-bond donors (Lipinski definition) is 0. The highest BCUT2D eigenvalue weighted by Crippen LogP contribution is 2.41. The van der Waals surface area contributed by atoms with Crippen molar-refractivity contribution in [2.75, 3.05) is 20.2 Å². The summed E-state index contributed by atoms with van der Waals surface area (Å²) in [6.45, 7) is 6.55. The third-order valence-corrected chi connectivity index (χ3v) is 7.55. The number of aryl methyl sites for hydroxylation is 2. The summed E-state index contributed by atoms with van der Waals surface area (Å²) in [7, 11) is 1.68. The highest BCUT2D eigenvalue weighted by atomic mass is 16.5. The van der Waals surface area contributed by atoms with E-state index in [4.69, 9.17) is 9.47 Å². The second-order valence-corrected chi connectivity index (χ2v) is 9.36. The number of amides is 1. The summed E-state index contributed by atoms with van der Waals surface area (Å²) in [6.07, 6.45) is 5.10. The lowest BCUT2D eigenvalue weighted by Gasteiger charge is -2.39. The van der Waals surface area contributed by atoms with E-state index >= 15 is 0 Å². The van der Waals surface area contributed by atoms with Crippen molar-refractivity contribution >= 4 is 22.4 Å². The summed E-state index contributed by atoms with van der Waals surface area (Å²) in [4.78, 5) is 15.0. The molecule has 5 heteroatoms. The number of nitrogens with zero attached hydrogens (tertiary/aromatic N) is 2. The molecule has 2 aliphatic heterocycles.